The van der Waals surface area contributed by atoms with Crippen LogP contribution in [0.1, 0.15) is 21.5 Å². The van der Waals surface area contributed by atoms with E-state index in [1.54, 1.807) is 12.1 Å². The maximum atomic E-state index is 11.6. The molecule has 0 fully saturated rings. The zero-order valence-electron chi connectivity index (χ0n) is 9.39. The molecule has 0 atom stereocenters. The maximum Gasteiger partial charge on any atom is 0.344 e. The van der Waals surface area contributed by atoms with Crippen LogP contribution in [0.5, 0.6) is 0 Å². The van der Waals surface area contributed by atoms with Gasteiger partial charge in [0.15, 0.2) is 0 Å². The average Bonchev–Trinajstić information content (AvgIpc) is 2.67. The number of halogens is 1. The third-order valence-electron chi connectivity index (χ3n) is 2.76. The molecular formula is C15H9ClO2. The van der Waals surface area contributed by atoms with Gasteiger partial charge in [-0.2, -0.15) is 0 Å². The van der Waals surface area contributed by atoms with E-state index < -0.39 is 0 Å². The molecule has 1 aliphatic heterocycles. The van der Waals surface area contributed by atoms with Crippen LogP contribution in [0.2, 0.25) is 5.02 Å². The van der Waals surface area contributed by atoms with Gasteiger partial charge in [-0.25, -0.2) is 4.79 Å². The smallest absolute Gasteiger partial charge is 0.344 e. The van der Waals surface area contributed by atoms with Crippen LogP contribution in [0.3, 0.4) is 0 Å². The van der Waals surface area contributed by atoms with Crippen LogP contribution in [-0.4, -0.2) is 5.97 Å². The van der Waals surface area contributed by atoms with Crippen molar-refractivity contribution < 1.29 is 9.53 Å². The van der Waals surface area contributed by atoms with Crippen LogP contribution in [-0.2, 0) is 4.74 Å². The van der Waals surface area contributed by atoms with Gasteiger partial charge in [-0.05, 0) is 29.8 Å². The minimum atomic E-state index is -0.307. The summed E-state index contributed by atoms with van der Waals surface area (Å²) >= 11 is 5.92. The number of cyclic esters (lactones) is 1. The lowest BCUT2D eigenvalue weighted by molar-refractivity contribution is 0.0717. The number of ether oxygens (including phenoxy) is 1. The molecule has 0 spiro atoms. The second kappa shape index (κ2) is 4.31. The van der Waals surface area contributed by atoms with Gasteiger partial charge in [0, 0.05) is 10.6 Å². The van der Waals surface area contributed by atoms with E-state index in [0.717, 1.165) is 11.1 Å². The Kier molecular flexibility index (Phi) is 2.65. The molecule has 0 aromatic heterocycles. The topological polar surface area (TPSA) is 26.3 Å². The average molecular weight is 257 g/mol. The fourth-order valence-corrected chi connectivity index (χ4v) is 2.14. The molecule has 0 bridgehead atoms. The molecule has 0 radical (unpaired) electrons. The van der Waals surface area contributed by atoms with Gasteiger partial charge in [0.2, 0.25) is 0 Å². The van der Waals surface area contributed by atoms with E-state index in [1.165, 1.54) is 0 Å². The lowest BCUT2D eigenvalue weighted by Gasteiger charge is -1.99. The summed E-state index contributed by atoms with van der Waals surface area (Å²) in [6.07, 6.45) is 1.82. The van der Waals surface area contributed by atoms with Crippen molar-refractivity contribution in [3.63, 3.8) is 0 Å². The van der Waals surface area contributed by atoms with Crippen LogP contribution in [0.15, 0.2) is 48.5 Å². The number of hydrogen-bond donors (Lipinski definition) is 0. The Morgan fingerprint density at radius 2 is 1.78 bits per heavy atom. The predicted molar refractivity (Wildman–Crippen MR) is 71.2 cm³/mol. The Morgan fingerprint density at radius 1 is 1.00 bits per heavy atom. The van der Waals surface area contributed by atoms with Crippen LogP contribution >= 0.6 is 11.6 Å². The van der Waals surface area contributed by atoms with Crippen molar-refractivity contribution in [1.29, 1.82) is 0 Å². The van der Waals surface area contributed by atoms with Gasteiger partial charge in [-0.1, -0.05) is 41.9 Å². The Hall–Kier alpha value is -2.06. The van der Waals surface area contributed by atoms with Gasteiger partial charge in [0.25, 0.3) is 0 Å². The van der Waals surface area contributed by atoms with Crippen molar-refractivity contribution in [3.8, 4) is 0 Å². The van der Waals surface area contributed by atoms with Gasteiger partial charge in [0.05, 0.1) is 5.56 Å². The van der Waals surface area contributed by atoms with Gasteiger partial charge in [-0.3, -0.25) is 0 Å². The molecule has 2 nitrogen and oxygen atoms in total. The van der Waals surface area contributed by atoms with E-state index in [-0.39, 0.29) is 5.97 Å². The highest BCUT2D eigenvalue weighted by atomic mass is 35.5. The highest BCUT2D eigenvalue weighted by Gasteiger charge is 2.25. The van der Waals surface area contributed by atoms with Gasteiger partial charge >= 0.3 is 5.97 Å². The van der Waals surface area contributed by atoms with Crippen LogP contribution < -0.4 is 0 Å². The van der Waals surface area contributed by atoms with Gasteiger partial charge in [-0.15, -0.1) is 0 Å². The van der Waals surface area contributed by atoms with Crippen molar-refractivity contribution >= 4 is 29.4 Å². The van der Waals surface area contributed by atoms with E-state index in [2.05, 4.69) is 0 Å². The van der Waals surface area contributed by atoms with Gasteiger partial charge < -0.3 is 4.74 Å². The Balaban J connectivity index is 2.07. The molecule has 0 saturated heterocycles. The molecule has 0 aliphatic carbocycles. The molecule has 1 heterocycles. The maximum absolute atomic E-state index is 11.6. The lowest BCUT2D eigenvalue weighted by atomic mass is 10.1. The molecule has 3 rings (SSSR count). The standard InChI is InChI=1S/C15H9ClO2/c16-11-5-3-4-10(8-11)9-14-12-6-1-2-7-13(12)15(17)18-14/h1-9H/b14-9-. The van der Waals surface area contributed by atoms with Crippen LogP contribution in [0.4, 0.5) is 0 Å². The summed E-state index contributed by atoms with van der Waals surface area (Å²) in [5.74, 6) is 0.261. The first-order valence-corrected chi connectivity index (χ1v) is 5.91. The molecule has 2 aromatic rings. The number of carbonyl (C=O) groups excluding carboxylic acids is 1. The molecule has 0 unspecified atom stereocenters. The van der Waals surface area contributed by atoms with E-state index in [9.17, 15) is 4.79 Å². The minimum absolute atomic E-state index is 0.307. The molecule has 2 aromatic carbocycles. The molecule has 1 aliphatic rings. The van der Waals surface area contributed by atoms with E-state index >= 15 is 0 Å². The fraction of sp³-hybridized carbons (Fsp3) is 0. The summed E-state index contributed by atoms with van der Waals surface area (Å²) in [5.41, 5.74) is 2.33. The Bertz CT molecular complexity index is 659. The van der Waals surface area contributed by atoms with Crippen molar-refractivity contribution in [2.24, 2.45) is 0 Å². The molecule has 0 amide bonds. The number of carbonyl (C=O) groups is 1. The number of rotatable bonds is 1. The predicted octanol–water partition coefficient (Wildman–Crippen LogP) is 4.01. The quantitative estimate of drug-likeness (QED) is 0.721. The Labute approximate surface area is 109 Å². The largest absolute Gasteiger partial charge is 0.422 e. The zero-order chi connectivity index (χ0) is 12.5. The second-order valence-electron chi connectivity index (χ2n) is 4.00. The summed E-state index contributed by atoms with van der Waals surface area (Å²) in [4.78, 5) is 11.6. The van der Waals surface area contributed by atoms with E-state index in [4.69, 9.17) is 16.3 Å². The first-order valence-electron chi connectivity index (χ1n) is 5.53. The lowest BCUT2D eigenvalue weighted by Crippen LogP contribution is -1.92. The monoisotopic (exact) mass is 256 g/mol. The van der Waals surface area contributed by atoms with Crippen molar-refractivity contribution in [2.75, 3.05) is 0 Å². The number of hydrogen-bond acceptors (Lipinski definition) is 2. The summed E-state index contributed by atoms with van der Waals surface area (Å²) < 4.78 is 5.25. The van der Waals surface area contributed by atoms with Gasteiger partial charge in [0.1, 0.15) is 5.76 Å². The van der Waals surface area contributed by atoms with Crippen LogP contribution in [0.25, 0.3) is 11.8 Å². The first-order chi connectivity index (χ1) is 8.74. The summed E-state index contributed by atoms with van der Waals surface area (Å²) in [5, 5.41) is 0.655. The Morgan fingerprint density at radius 3 is 2.56 bits per heavy atom. The highest BCUT2D eigenvalue weighted by Crippen LogP contribution is 2.31. The van der Waals surface area contributed by atoms with Crippen molar-refractivity contribution in [1.82, 2.24) is 0 Å². The number of fused-ring (bicyclic) bond motifs is 1. The number of benzene rings is 2. The molecule has 18 heavy (non-hydrogen) atoms. The fourth-order valence-electron chi connectivity index (χ4n) is 1.94. The SMILES string of the molecule is O=C1O/C(=C\c2cccc(Cl)c2)c2ccccc21. The third kappa shape index (κ3) is 1.91. The summed E-state index contributed by atoms with van der Waals surface area (Å²) in [7, 11) is 0. The zero-order valence-corrected chi connectivity index (χ0v) is 10.1. The molecule has 3 heteroatoms. The summed E-state index contributed by atoms with van der Waals surface area (Å²) in [6, 6.07) is 14.7. The first kappa shape index (κ1) is 11.1. The van der Waals surface area contributed by atoms with E-state index in [1.807, 2.05) is 42.5 Å². The minimum Gasteiger partial charge on any atom is -0.422 e. The second-order valence-corrected chi connectivity index (χ2v) is 4.44. The van der Waals surface area contributed by atoms with Crippen molar-refractivity contribution in [2.45, 2.75) is 0 Å². The molecule has 88 valence electrons. The third-order valence-corrected chi connectivity index (χ3v) is 3.00. The molecule has 0 saturated carbocycles. The normalized spacial score (nSPS) is 15.6. The highest BCUT2D eigenvalue weighted by molar-refractivity contribution is 6.30. The van der Waals surface area contributed by atoms with Crippen LogP contribution in [0, 0.1) is 0 Å². The molecular weight excluding hydrogens is 248 g/mol. The summed E-state index contributed by atoms with van der Waals surface area (Å²) in [6.45, 7) is 0. The van der Waals surface area contributed by atoms with Crippen molar-refractivity contribution in [3.05, 3.63) is 70.2 Å². The number of esters is 1. The van der Waals surface area contributed by atoms with E-state index in [0.29, 0.717) is 16.3 Å². The molecule has 0 N–H and O–H groups in total.